The molecule has 0 radical (unpaired) electrons. The maximum absolute atomic E-state index is 9.12. The van der Waals surface area contributed by atoms with Crippen molar-refractivity contribution in [3.05, 3.63) is 17.5 Å². The Bertz CT molecular complexity index is 355. The number of anilines is 1. The summed E-state index contributed by atoms with van der Waals surface area (Å²) in [6.07, 6.45) is 0. The van der Waals surface area contributed by atoms with E-state index in [0.29, 0.717) is 17.3 Å². The summed E-state index contributed by atoms with van der Waals surface area (Å²) in [4.78, 5) is 12.9. The molecule has 1 aliphatic heterocycles. The van der Waals surface area contributed by atoms with Gasteiger partial charge in [0.05, 0.1) is 24.6 Å². The Morgan fingerprint density at radius 2 is 1.59 bits per heavy atom. The van der Waals surface area contributed by atoms with Crippen LogP contribution in [0.1, 0.15) is 11.4 Å². The van der Waals surface area contributed by atoms with Gasteiger partial charge in [0.15, 0.2) is 0 Å². The Morgan fingerprint density at radius 3 is 2.06 bits per heavy atom. The molecule has 1 aromatic heterocycles. The van der Waals surface area contributed by atoms with Gasteiger partial charge in [-0.05, 0) is 13.1 Å². The van der Waals surface area contributed by atoms with Crippen LogP contribution in [0.2, 0.25) is 0 Å². The van der Waals surface area contributed by atoms with E-state index in [9.17, 15) is 0 Å². The lowest BCUT2D eigenvalue weighted by Gasteiger charge is -2.32. The second kappa shape index (κ2) is 5.39. The monoisotopic (exact) mass is 238 g/mol. The Hall–Kier alpha value is -1.24. The smallest absolute Gasteiger partial charge is 0.226 e. The van der Waals surface area contributed by atoms with E-state index in [1.165, 1.54) is 0 Å². The first-order valence-electron chi connectivity index (χ1n) is 5.75. The van der Waals surface area contributed by atoms with Crippen LogP contribution in [0, 0.1) is 0 Å². The van der Waals surface area contributed by atoms with E-state index in [0.717, 1.165) is 26.2 Å². The minimum Gasteiger partial charge on any atom is -0.390 e. The van der Waals surface area contributed by atoms with Crippen molar-refractivity contribution >= 4 is 5.95 Å². The van der Waals surface area contributed by atoms with Gasteiger partial charge in [-0.1, -0.05) is 0 Å². The molecule has 2 N–H and O–H groups in total. The molecule has 1 aromatic rings. The third-order valence-corrected chi connectivity index (χ3v) is 2.93. The van der Waals surface area contributed by atoms with E-state index in [4.69, 9.17) is 10.2 Å². The van der Waals surface area contributed by atoms with Gasteiger partial charge in [0, 0.05) is 26.2 Å². The van der Waals surface area contributed by atoms with Crippen LogP contribution in [-0.4, -0.2) is 58.3 Å². The number of likely N-dealkylation sites (N-methyl/N-ethyl adjacent to an activating group) is 1. The van der Waals surface area contributed by atoms with Crippen molar-refractivity contribution in [3.63, 3.8) is 0 Å². The molecule has 6 nitrogen and oxygen atoms in total. The lowest BCUT2D eigenvalue weighted by Crippen LogP contribution is -2.45. The number of aliphatic hydroxyl groups excluding tert-OH is 2. The van der Waals surface area contributed by atoms with Crippen molar-refractivity contribution in [2.45, 2.75) is 13.2 Å². The lowest BCUT2D eigenvalue weighted by molar-refractivity contribution is 0.267. The summed E-state index contributed by atoms with van der Waals surface area (Å²) in [6.45, 7) is 3.43. The number of rotatable bonds is 3. The summed E-state index contributed by atoms with van der Waals surface area (Å²) in [5.41, 5.74) is 1.11. The van der Waals surface area contributed by atoms with Gasteiger partial charge in [-0.2, -0.15) is 0 Å². The topological polar surface area (TPSA) is 72.7 Å². The zero-order valence-electron chi connectivity index (χ0n) is 10.0. The summed E-state index contributed by atoms with van der Waals surface area (Å²) in [7, 11) is 2.08. The molecule has 1 aliphatic rings. The van der Waals surface area contributed by atoms with E-state index in [1.807, 2.05) is 0 Å². The van der Waals surface area contributed by atoms with Crippen LogP contribution in [0.25, 0.3) is 0 Å². The zero-order valence-corrected chi connectivity index (χ0v) is 10.0. The van der Waals surface area contributed by atoms with Crippen LogP contribution in [0.3, 0.4) is 0 Å². The molecule has 2 heterocycles. The zero-order chi connectivity index (χ0) is 12.3. The van der Waals surface area contributed by atoms with Crippen molar-refractivity contribution < 1.29 is 10.2 Å². The minimum atomic E-state index is -0.129. The van der Waals surface area contributed by atoms with E-state index in [2.05, 4.69) is 26.8 Å². The van der Waals surface area contributed by atoms with Crippen molar-refractivity contribution in [3.8, 4) is 0 Å². The fourth-order valence-corrected chi connectivity index (χ4v) is 1.85. The minimum absolute atomic E-state index is 0.129. The number of hydrogen-bond donors (Lipinski definition) is 2. The first-order chi connectivity index (χ1) is 8.22. The van der Waals surface area contributed by atoms with Crippen LogP contribution in [0.15, 0.2) is 6.07 Å². The summed E-state index contributed by atoms with van der Waals surface area (Å²) >= 11 is 0. The maximum atomic E-state index is 9.12. The van der Waals surface area contributed by atoms with E-state index >= 15 is 0 Å². The Balaban J connectivity index is 2.19. The van der Waals surface area contributed by atoms with Gasteiger partial charge in [-0.15, -0.1) is 0 Å². The van der Waals surface area contributed by atoms with E-state index < -0.39 is 0 Å². The molecule has 0 aromatic carbocycles. The molecule has 0 atom stereocenters. The number of aliphatic hydroxyl groups is 2. The highest BCUT2D eigenvalue weighted by molar-refractivity contribution is 5.33. The van der Waals surface area contributed by atoms with Crippen LogP contribution in [0.4, 0.5) is 5.95 Å². The molecule has 17 heavy (non-hydrogen) atoms. The average molecular weight is 238 g/mol. The quantitative estimate of drug-likeness (QED) is 0.719. The van der Waals surface area contributed by atoms with Gasteiger partial charge in [0.1, 0.15) is 0 Å². The van der Waals surface area contributed by atoms with Gasteiger partial charge in [0.25, 0.3) is 0 Å². The number of nitrogens with zero attached hydrogens (tertiary/aromatic N) is 4. The normalized spacial score (nSPS) is 17.5. The van der Waals surface area contributed by atoms with Crippen LogP contribution >= 0.6 is 0 Å². The number of aromatic nitrogens is 2. The molecule has 0 bridgehead atoms. The Kier molecular flexibility index (Phi) is 3.88. The van der Waals surface area contributed by atoms with Gasteiger partial charge in [-0.25, -0.2) is 9.97 Å². The number of piperazine rings is 1. The van der Waals surface area contributed by atoms with Gasteiger partial charge < -0.3 is 20.0 Å². The van der Waals surface area contributed by atoms with Crippen molar-refractivity contribution in [2.24, 2.45) is 0 Å². The molecule has 0 spiro atoms. The number of hydrogen-bond acceptors (Lipinski definition) is 6. The summed E-state index contributed by atoms with van der Waals surface area (Å²) in [5.74, 6) is 0.605. The fourth-order valence-electron chi connectivity index (χ4n) is 1.85. The van der Waals surface area contributed by atoms with Crippen LogP contribution < -0.4 is 4.90 Å². The van der Waals surface area contributed by atoms with Crippen molar-refractivity contribution in [1.29, 1.82) is 0 Å². The first-order valence-corrected chi connectivity index (χ1v) is 5.75. The summed E-state index contributed by atoms with van der Waals surface area (Å²) < 4.78 is 0. The molecular formula is C11H18N4O2. The van der Waals surface area contributed by atoms with Crippen molar-refractivity contribution in [1.82, 2.24) is 14.9 Å². The summed E-state index contributed by atoms with van der Waals surface area (Å²) in [6, 6.07) is 1.62. The van der Waals surface area contributed by atoms with E-state index in [-0.39, 0.29) is 13.2 Å². The molecule has 0 saturated carbocycles. The van der Waals surface area contributed by atoms with E-state index in [1.54, 1.807) is 6.07 Å². The second-order valence-corrected chi connectivity index (χ2v) is 4.26. The highest BCUT2D eigenvalue weighted by atomic mass is 16.3. The van der Waals surface area contributed by atoms with Gasteiger partial charge in [-0.3, -0.25) is 0 Å². The second-order valence-electron chi connectivity index (χ2n) is 4.26. The van der Waals surface area contributed by atoms with Crippen LogP contribution in [0.5, 0.6) is 0 Å². The molecule has 6 heteroatoms. The maximum Gasteiger partial charge on any atom is 0.226 e. The highest BCUT2D eigenvalue weighted by Gasteiger charge is 2.17. The Labute approximate surface area is 101 Å². The van der Waals surface area contributed by atoms with Crippen LogP contribution in [-0.2, 0) is 13.2 Å². The third-order valence-electron chi connectivity index (χ3n) is 2.93. The first kappa shape index (κ1) is 12.2. The molecule has 0 unspecified atom stereocenters. The average Bonchev–Trinajstić information content (AvgIpc) is 2.39. The molecule has 2 rings (SSSR count). The summed E-state index contributed by atoms with van der Waals surface area (Å²) in [5, 5.41) is 18.2. The highest BCUT2D eigenvalue weighted by Crippen LogP contribution is 2.13. The SMILES string of the molecule is CN1CCN(c2nc(CO)cc(CO)n2)CC1. The predicted octanol–water partition coefficient (Wildman–Crippen LogP) is -0.787. The van der Waals surface area contributed by atoms with Gasteiger partial charge in [0.2, 0.25) is 5.95 Å². The fraction of sp³-hybridized carbons (Fsp3) is 0.636. The standard InChI is InChI=1S/C11H18N4O2/c1-14-2-4-15(5-3-14)11-12-9(7-16)6-10(8-17)13-11/h6,16-17H,2-5,7-8H2,1H3. The Morgan fingerprint density at radius 1 is 1.06 bits per heavy atom. The molecular weight excluding hydrogens is 220 g/mol. The third kappa shape index (κ3) is 2.91. The molecule has 1 fully saturated rings. The molecule has 0 aliphatic carbocycles. The van der Waals surface area contributed by atoms with Gasteiger partial charge >= 0.3 is 0 Å². The lowest BCUT2D eigenvalue weighted by atomic mass is 10.3. The van der Waals surface area contributed by atoms with Crippen molar-refractivity contribution in [2.75, 3.05) is 38.1 Å². The molecule has 94 valence electrons. The molecule has 0 amide bonds. The largest absolute Gasteiger partial charge is 0.390 e. The molecule has 1 saturated heterocycles. The predicted molar refractivity (Wildman–Crippen MR) is 63.6 cm³/mol.